The van der Waals surface area contributed by atoms with Gasteiger partial charge in [0.25, 0.3) is 0 Å². The molecule has 1 aliphatic carbocycles. The van der Waals surface area contributed by atoms with Crippen LogP contribution >= 0.6 is 11.6 Å². The van der Waals surface area contributed by atoms with Crippen LogP contribution in [-0.4, -0.2) is 44.9 Å². The maximum absolute atomic E-state index is 6.15. The smallest absolute Gasteiger partial charge is 0.0591 e. The first-order valence-electron chi connectivity index (χ1n) is 7.10. The Bertz CT molecular complexity index is 206. The minimum Gasteiger partial charge on any atom is -0.385 e. The third-order valence-corrected chi connectivity index (χ3v) is 4.38. The van der Waals surface area contributed by atoms with E-state index in [1.54, 1.807) is 7.11 Å². The van der Waals surface area contributed by atoms with E-state index in [0.717, 1.165) is 38.7 Å². The quantitative estimate of drug-likeness (QED) is 0.519. The van der Waals surface area contributed by atoms with Crippen LogP contribution in [0.15, 0.2) is 0 Å². The molecule has 0 aliphatic heterocycles. The summed E-state index contributed by atoms with van der Waals surface area (Å²) in [6.45, 7) is 5.54. The van der Waals surface area contributed by atoms with Gasteiger partial charge >= 0.3 is 0 Å². The third kappa shape index (κ3) is 5.87. The zero-order chi connectivity index (χ0) is 13.3. The van der Waals surface area contributed by atoms with Gasteiger partial charge in [-0.05, 0) is 38.0 Å². The molecule has 0 atom stereocenters. The second kappa shape index (κ2) is 9.13. The summed E-state index contributed by atoms with van der Waals surface area (Å²) in [7, 11) is 1.72. The van der Waals surface area contributed by atoms with Crippen LogP contribution in [0.2, 0.25) is 0 Å². The Morgan fingerprint density at radius 3 is 2.56 bits per heavy atom. The Balaban J connectivity index is 2.08. The largest absolute Gasteiger partial charge is 0.385 e. The molecular weight excluding hydrogens is 250 g/mol. The van der Waals surface area contributed by atoms with Crippen LogP contribution in [0.3, 0.4) is 0 Å². The molecule has 4 heteroatoms. The molecule has 1 saturated carbocycles. The summed E-state index contributed by atoms with van der Waals surface area (Å²) in [5.74, 6) is 1.57. The molecule has 0 aromatic rings. The Morgan fingerprint density at radius 2 is 1.94 bits per heavy atom. The Kier molecular flexibility index (Phi) is 8.23. The van der Waals surface area contributed by atoms with Crippen molar-refractivity contribution in [1.29, 1.82) is 0 Å². The molecule has 0 aromatic heterocycles. The van der Waals surface area contributed by atoms with E-state index in [0.29, 0.717) is 5.88 Å². The fraction of sp³-hybridized carbons (Fsp3) is 1.00. The zero-order valence-electron chi connectivity index (χ0n) is 11.8. The van der Waals surface area contributed by atoms with E-state index in [4.69, 9.17) is 21.1 Å². The molecule has 0 saturated heterocycles. The van der Waals surface area contributed by atoms with E-state index in [1.807, 2.05) is 0 Å². The molecule has 0 unspecified atom stereocenters. The SMILES string of the molecule is COCCCOCCNC1(CCl)CCC(C)CC1. The topological polar surface area (TPSA) is 30.5 Å². The highest BCUT2D eigenvalue weighted by Gasteiger charge is 2.32. The van der Waals surface area contributed by atoms with Gasteiger partial charge in [0.05, 0.1) is 6.61 Å². The highest BCUT2D eigenvalue weighted by atomic mass is 35.5. The van der Waals surface area contributed by atoms with Crippen molar-refractivity contribution in [3.8, 4) is 0 Å². The van der Waals surface area contributed by atoms with Crippen LogP contribution in [0.4, 0.5) is 0 Å². The second-order valence-corrected chi connectivity index (χ2v) is 5.75. The molecule has 0 radical (unpaired) electrons. The number of alkyl halides is 1. The Labute approximate surface area is 117 Å². The standard InChI is InChI=1S/C14H28ClNO2/c1-13-4-6-14(12-15,7-5-13)16-8-11-18-10-3-9-17-2/h13,16H,3-12H2,1-2H3. The number of rotatable bonds is 9. The number of methoxy groups -OCH3 is 1. The van der Waals surface area contributed by atoms with Crippen LogP contribution in [0.5, 0.6) is 0 Å². The number of halogens is 1. The van der Waals surface area contributed by atoms with Gasteiger partial charge < -0.3 is 14.8 Å². The maximum atomic E-state index is 6.15. The van der Waals surface area contributed by atoms with Crippen molar-refractivity contribution in [1.82, 2.24) is 5.32 Å². The van der Waals surface area contributed by atoms with E-state index < -0.39 is 0 Å². The molecular formula is C14H28ClNO2. The van der Waals surface area contributed by atoms with Crippen molar-refractivity contribution in [2.45, 2.75) is 44.6 Å². The lowest BCUT2D eigenvalue weighted by molar-refractivity contribution is 0.0966. The van der Waals surface area contributed by atoms with E-state index in [2.05, 4.69) is 12.2 Å². The Hall–Kier alpha value is 0.170. The average molecular weight is 278 g/mol. The van der Waals surface area contributed by atoms with Crippen LogP contribution in [0.1, 0.15) is 39.0 Å². The van der Waals surface area contributed by atoms with Crippen molar-refractivity contribution in [3.05, 3.63) is 0 Å². The third-order valence-electron chi connectivity index (χ3n) is 3.87. The van der Waals surface area contributed by atoms with Crippen molar-refractivity contribution < 1.29 is 9.47 Å². The minimum atomic E-state index is 0.157. The highest BCUT2D eigenvalue weighted by molar-refractivity contribution is 6.18. The summed E-state index contributed by atoms with van der Waals surface area (Å²) in [5, 5.41) is 3.61. The summed E-state index contributed by atoms with van der Waals surface area (Å²) in [6, 6.07) is 0. The summed E-state index contributed by atoms with van der Waals surface area (Å²) in [4.78, 5) is 0. The first kappa shape index (κ1) is 16.2. The van der Waals surface area contributed by atoms with Crippen LogP contribution in [0, 0.1) is 5.92 Å². The molecule has 3 nitrogen and oxygen atoms in total. The summed E-state index contributed by atoms with van der Waals surface area (Å²) < 4.78 is 10.5. The van der Waals surface area contributed by atoms with Gasteiger partial charge in [0.2, 0.25) is 0 Å². The fourth-order valence-electron chi connectivity index (χ4n) is 2.47. The number of hydrogen-bond donors (Lipinski definition) is 1. The first-order chi connectivity index (χ1) is 8.72. The van der Waals surface area contributed by atoms with E-state index >= 15 is 0 Å². The van der Waals surface area contributed by atoms with Gasteiger partial charge in [-0.15, -0.1) is 11.6 Å². The lowest BCUT2D eigenvalue weighted by atomic mass is 9.78. The van der Waals surface area contributed by atoms with Gasteiger partial charge in [-0.3, -0.25) is 0 Å². The maximum Gasteiger partial charge on any atom is 0.0591 e. The average Bonchev–Trinajstić information content (AvgIpc) is 2.40. The van der Waals surface area contributed by atoms with Crippen LogP contribution in [-0.2, 0) is 9.47 Å². The predicted molar refractivity (Wildman–Crippen MR) is 76.4 cm³/mol. The number of hydrogen-bond acceptors (Lipinski definition) is 3. The van der Waals surface area contributed by atoms with Crippen molar-refractivity contribution >= 4 is 11.6 Å². The van der Waals surface area contributed by atoms with Gasteiger partial charge in [0.1, 0.15) is 0 Å². The zero-order valence-corrected chi connectivity index (χ0v) is 12.6. The predicted octanol–water partition coefficient (Wildman–Crippen LogP) is 2.82. The van der Waals surface area contributed by atoms with Crippen molar-refractivity contribution in [3.63, 3.8) is 0 Å². The summed E-state index contributed by atoms with van der Waals surface area (Å²) >= 11 is 6.15. The molecule has 0 heterocycles. The van der Waals surface area contributed by atoms with Gasteiger partial charge in [-0.2, -0.15) is 0 Å². The molecule has 18 heavy (non-hydrogen) atoms. The molecule has 1 rings (SSSR count). The minimum absolute atomic E-state index is 0.157. The molecule has 1 aliphatic rings. The van der Waals surface area contributed by atoms with Crippen molar-refractivity contribution in [2.24, 2.45) is 5.92 Å². The van der Waals surface area contributed by atoms with Crippen LogP contribution in [0.25, 0.3) is 0 Å². The summed E-state index contributed by atoms with van der Waals surface area (Å²) in [5.41, 5.74) is 0.157. The lowest BCUT2D eigenvalue weighted by Gasteiger charge is -2.39. The highest BCUT2D eigenvalue weighted by Crippen LogP contribution is 2.32. The van der Waals surface area contributed by atoms with E-state index in [1.165, 1.54) is 25.7 Å². The lowest BCUT2D eigenvalue weighted by Crippen LogP contribution is -2.50. The monoisotopic (exact) mass is 277 g/mol. The molecule has 1 fully saturated rings. The van der Waals surface area contributed by atoms with Crippen LogP contribution < -0.4 is 5.32 Å². The molecule has 108 valence electrons. The van der Waals surface area contributed by atoms with Gasteiger partial charge in [0, 0.05) is 38.3 Å². The van der Waals surface area contributed by atoms with Crippen molar-refractivity contribution in [2.75, 3.05) is 39.4 Å². The Morgan fingerprint density at radius 1 is 1.22 bits per heavy atom. The van der Waals surface area contributed by atoms with E-state index in [9.17, 15) is 0 Å². The number of nitrogens with one attached hydrogen (secondary N) is 1. The molecule has 1 N–H and O–H groups in total. The molecule has 0 bridgehead atoms. The first-order valence-corrected chi connectivity index (χ1v) is 7.63. The fourth-order valence-corrected chi connectivity index (χ4v) is 2.83. The number of ether oxygens (including phenoxy) is 2. The second-order valence-electron chi connectivity index (χ2n) is 5.48. The molecule has 0 aromatic carbocycles. The van der Waals surface area contributed by atoms with E-state index in [-0.39, 0.29) is 5.54 Å². The van der Waals surface area contributed by atoms with Gasteiger partial charge in [-0.25, -0.2) is 0 Å². The van der Waals surface area contributed by atoms with Gasteiger partial charge in [0.15, 0.2) is 0 Å². The normalized spacial score (nSPS) is 28.5. The molecule has 0 amide bonds. The summed E-state index contributed by atoms with van der Waals surface area (Å²) in [6.07, 6.45) is 5.93. The molecule has 0 spiro atoms. The van der Waals surface area contributed by atoms with Gasteiger partial charge in [-0.1, -0.05) is 6.92 Å².